The summed E-state index contributed by atoms with van der Waals surface area (Å²) in [6.07, 6.45) is 2.60. The molecule has 0 saturated heterocycles. The third-order valence-corrected chi connectivity index (χ3v) is 5.54. The second kappa shape index (κ2) is 6.27. The van der Waals surface area contributed by atoms with Gasteiger partial charge in [0.2, 0.25) is 0 Å². The zero-order valence-electron chi connectivity index (χ0n) is 13.1. The normalized spacial score (nSPS) is 14.2. The van der Waals surface area contributed by atoms with E-state index < -0.39 is 11.2 Å². The van der Waals surface area contributed by atoms with Crippen LogP contribution < -0.4 is 0 Å². The van der Waals surface area contributed by atoms with Crippen LogP contribution in [0.4, 0.5) is 4.39 Å². The summed E-state index contributed by atoms with van der Waals surface area (Å²) in [5, 5.41) is 0. The summed E-state index contributed by atoms with van der Waals surface area (Å²) < 4.78 is 20.2. The molecular weight excluding hydrogens is 275 g/mol. The molecule has 0 N–H and O–H groups in total. The third kappa shape index (κ3) is 4.06. The molecule has 0 saturated carbocycles. The maximum absolute atomic E-state index is 14.2. The molecule has 0 spiro atoms. The zero-order valence-corrected chi connectivity index (χ0v) is 13.9. The molecule has 1 rings (SSSR count). The summed E-state index contributed by atoms with van der Waals surface area (Å²) in [5.74, 6) is -0.442. The second-order valence-electron chi connectivity index (χ2n) is 6.54. The fourth-order valence-electron chi connectivity index (χ4n) is 1.65. The van der Waals surface area contributed by atoms with Crippen molar-refractivity contribution in [1.29, 1.82) is 0 Å². The number of rotatable bonds is 5. The van der Waals surface area contributed by atoms with E-state index in [2.05, 4.69) is 20.8 Å². The zero-order chi connectivity index (χ0) is 15.6. The Balaban J connectivity index is 2.92. The van der Waals surface area contributed by atoms with Gasteiger partial charge in [0.15, 0.2) is 11.0 Å². The number of benzene rings is 1. The van der Waals surface area contributed by atoms with Crippen molar-refractivity contribution < 1.29 is 13.4 Å². The summed E-state index contributed by atoms with van der Waals surface area (Å²) in [6, 6.07) is 4.91. The van der Waals surface area contributed by atoms with Crippen molar-refractivity contribution in [1.82, 2.24) is 0 Å². The summed E-state index contributed by atoms with van der Waals surface area (Å²) in [7, 11) is 0. The van der Waals surface area contributed by atoms with Crippen LogP contribution in [-0.4, -0.2) is 23.9 Å². The highest BCUT2D eigenvalue weighted by Crippen LogP contribution is 2.29. The molecule has 1 aromatic rings. The Hall–Kier alpha value is -0.870. The summed E-state index contributed by atoms with van der Waals surface area (Å²) in [6.45, 7) is 10.6. The minimum Gasteiger partial charge on any atom is -0.298 e. The molecule has 0 bridgehead atoms. The quantitative estimate of drug-likeness (QED) is 0.609. The highest BCUT2D eigenvalue weighted by molar-refractivity contribution is 7.93. The molecule has 0 heterocycles. The lowest BCUT2D eigenvalue weighted by Gasteiger charge is -2.26. The van der Waals surface area contributed by atoms with Gasteiger partial charge in [-0.15, -0.1) is 0 Å². The molecule has 0 aromatic heterocycles. The topological polar surface area (TPSA) is 26.3 Å². The lowest BCUT2D eigenvalue weighted by Crippen LogP contribution is -2.34. The first-order valence-electron chi connectivity index (χ1n) is 6.63. The number of carbonyl (C=O) groups is 1. The van der Waals surface area contributed by atoms with Gasteiger partial charge in [0.05, 0.1) is 5.56 Å². The number of hydrogen-bond acceptors (Lipinski definition) is 2. The lowest BCUT2D eigenvalue weighted by molar-refractivity contribution is 0.111. The Labute approximate surface area is 124 Å². The van der Waals surface area contributed by atoms with Crippen LogP contribution in [0, 0.1) is 5.82 Å². The second-order valence-corrected chi connectivity index (χ2v) is 8.91. The summed E-state index contributed by atoms with van der Waals surface area (Å²) in [4.78, 5) is 10.8. The van der Waals surface area contributed by atoms with Gasteiger partial charge in [-0.1, -0.05) is 26.0 Å². The van der Waals surface area contributed by atoms with E-state index >= 15 is 0 Å². The molecule has 1 atom stereocenters. The minimum atomic E-state index is -0.477. The van der Waals surface area contributed by atoms with Crippen LogP contribution in [0.1, 0.15) is 50.5 Å². The van der Waals surface area contributed by atoms with Crippen molar-refractivity contribution in [2.45, 2.75) is 44.8 Å². The molecule has 0 fully saturated rings. The van der Waals surface area contributed by atoms with E-state index in [9.17, 15) is 9.18 Å². The molecule has 0 aliphatic rings. The van der Waals surface area contributed by atoms with Gasteiger partial charge in [-0.05, 0) is 32.4 Å². The predicted octanol–water partition coefficient (Wildman–Crippen LogP) is 3.89. The Morgan fingerprint density at radius 3 is 2.35 bits per heavy atom. The van der Waals surface area contributed by atoms with Gasteiger partial charge in [-0.2, -0.15) is 4.18 Å². The van der Waals surface area contributed by atoms with Crippen LogP contribution in [-0.2, 0) is 20.8 Å². The molecule has 0 amide bonds. The fourth-order valence-corrected chi connectivity index (χ4v) is 2.48. The van der Waals surface area contributed by atoms with Gasteiger partial charge in [0.25, 0.3) is 0 Å². The Morgan fingerprint density at radius 2 is 1.85 bits per heavy atom. The maximum atomic E-state index is 14.2. The molecule has 0 aliphatic carbocycles. The van der Waals surface area contributed by atoms with E-state index in [0.29, 0.717) is 18.5 Å². The van der Waals surface area contributed by atoms with Crippen molar-refractivity contribution >= 4 is 17.5 Å². The van der Waals surface area contributed by atoms with Gasteiger partial charge in [-0.3, -0.25) is 4.79 Å². The molecular formula is C16H24FO2S+. The van der Waals surface area contributed by atoms with E-state index in [1.165, 1.54) is 6.07 Å². The van der Waals surface area contributed by atoms with Gasteiger partial charge >= 0.3 is 0 Å². The van der Waals surface area contributed by atoms with Crippen molar-refractivity contribution in [3.05, 3.63) is 35.1 Å². The standard InChI is InChI=1S/C16H24FO2S/c1-15(2,3)20(6)19-11-16(4,5)13-9-7-8-12(10-18)14(13)17/h7-10H,11H2,1-6H3/q+1. The maximum Gasteiger partial charge on any atom is 0.153 e. The van der Waals surface area contributed by atoms with Crippen molar-refractivity contribution in [3.8, 4) is 0 Å². The predicted molar refractivity (Wildman–Crippen MR) is 83.8 cm³/mol. The van der Waals surface area contributed by atoms with Gasteiger partial charge < -0.3 is 0 Å². The average molecular weight is 299 g/mol. The molecule has 112 valence electrons. The minimum absolute atomic E-state index is 0.0687. The van der Waals surface area contributed by atoms with Crippen LogP contribution in [0.3, 0.4) is 0 Å². The summed E-state index contributed by atoms with van der Waals surface area (Å²) >= 11 is -0.213. The molecule has 0 radical (unpaired) electrons. The van der Waals surface area contributed by atoms with E-state index in [4.69, 9.17) is 4.18 Å². The Morgan fingerprint density at radius 1 is 1.25 bits per heavy atom. The highest BCUT2D eigenvalue weighted by atomic mass is 32.2. The highest BCUT2D eigenvalue weighted by Gasteiger charge is 2.35. The molecule has 4 heteroatoms. The first-order chi connectivity index (χ1) is 9.09. The van der Waals surface area contributed by atoms with E-state index in [1.807, 2.05) is 20.1 Å². The van der Waals surface area contributed by atoms with E-state index in [1.54, 1.807) is 12.1 Å². The Bertz CT molecular complexity index is 478. The number of halogens is 1. The van der Waals surface area contributed by atoms with Crippen LogP contribution in [0.25, 0.3) is 0 Å². The van der Waals surface area contributed by atoms with Gasteiger partial charge in [0.1, 0.15) is 29.9 Å². The molecule has 1 unspecified atom stereocenters. The van der Waals surface area contributed by atoms with E-state index in [-0.39, 0.29) is 21.5 Å². The molecule has 1 aromatic carbocycles. The lowest BCUT2D eigenvalue weighted by atomic mass is 9.84. The number of hydrogen-bond donors (Lipinski definition) is 0. The van der Waals surface area contributed by atoms with Crippen molar-refractivity contribution in [2.75, 3.05) is 12.9 Å². The van der Waals surface area contributed by atoms with Crippen LogP contribution in [0.5, 0.6) is 0 Å². The molecule has 20 heavy (non-hydrogen) atoms. The molecule has 2 nitrogen and oxygen atoms in total. The Kier molecular flexibility index (Phi) is 5.39. The largest absolute Gasteiger partial charge is 0.298 e. The third-order valence-electron chi connectivity index (χ3n) is 3.34. The van der Waals surface area contributed by atoms with E-state index in [0.717, 1.165) is 0 Å². The van der Waals surface area contributed by atoms with Crippen LogP contribution in [0.15, 0.2) is 18.2 Å². The number of aldehydes is 1. The van der Waals surface area contributed by atoms with Crippen molar-refractivity contribution in [2.24, 2.45) is 0 Å². The fraction of sp³-hybridized carbons (Fsp3) is 0.562. The SMILES string of the molecule is C[S+](OCC(C)(C)c1cccc(C=O)c1F)C(C)(C)C. The van der Waals surface area contributed by atoms with Crippen LogP contribution >= 0.6 is 0 Å². The summed E-state index contributed by atoms with van der Waals surface area (Å²) in [5.41, 5.74) is 0.144. The molecule has 0 aliphatic heterocycles. The first-order valence-corrected chi connectivity index (χ1v) is 8.19. The first kappa shape index (κ1) is 17.2. The monoisotopic (exact) mass is 299 g/mol. The van der Waals surface area contributed by atoms with Gasteiger partial charge in [0, 0.05) is 5.41 Å². The average Bonchev–Trinajstić information content (AvgIpc) is 2.34. The smallest absolute Gasteiger partial charge is 0.153 e. The van der Waals surface area contributed by atoms with Crippen LogP contribution in [0.2, 0.25) is 0 Å². The number of carbonyl (C=O) groups excluding carboxylic acids is 1. The van der Waals surface area contributed by atoms with Crippen molar-refractivity contribution in [3.63, 3.8) is 0 Å². The van der Waals surface area contributed by atoms with Gasteiger partial charge in [-0.25, -0.2) is 4.39 Å².